The predicted octanol–water partition coefficient (Wildman–Crippen LogP) is 1.31. The predicted molar refractivity (Wildman–Crippen MR) is 42.2 cm³/mol. The maximum Gasteiger partial charge on any atom is 0.370 e. The first-order valence-electron chi connectivity index (χ1n) is 3.31. The average Bonchev–Trinajstić information content (AvgIpc) is 2.05. The topological polar surface area (TPSA) is 65.3 Å². The van der Waals surface area contributed by atoms with Gasteiger partial charge in [-0.05, 0) is 17.9 Å². The molecular weight excluding hydrogens is 160 g/mol. The van der Waals surface area contributed by atoms with E-state index in [0.29, 0.717) is 5.56 Å². The Balaban J connectivity index is 3.17. The van der Waals surface area contributed by atoms with Crippen molar-refractivity contribution in [2.24, 2.45) is 0 Å². The van der Waals surface area contributed by atoms with Crippen LogP contribution in [0.25, 0.3) is 0 Å². The van der Waals surface area contributed by atoms with E-state index < -0.39 is 4.92 Å². The zero-order valence-electron chi connectivity index (χ0n) is 6.77. The summed E-state index contributed by atoms with van der Waals surface area (Å²) in [5.41, 5.74) is 0.529. The molecule has 0 atom stereocenters. The maximum absolute atomic E-state index is 10.4. The third-order valence-electron chi connectivity index (χ3n) is 1.43. The molecule has 1 aromatic heterocycles. The van der Waals surface area contributed by atoms with Crippen LogP contribution in [0.5, 0.6) is 5.88 Å². The fourth-order valence-corrected chi connectivity index (χ4v) is 0.799. The van der Waals surface area contributed by atoms with Gasteiger partial charge in [0.1, 0.15) is 0 Å². The number of rotatable bonds is 2. The van der Waals surface area contributed by atoms with Crippen molar-refractivity contribution in [2.75, 3.05) is 7.11 Å². The molecule has 0 N–H and O–H groups in total. The van der Waals surface area contributed by atoms with Gasteiger partial charge in [0.2, 0.25) is 0 Å². The molecule has 0 aliphatic carbocycles. The highest BCUT2D eigenvalue weighted by Gasteiger charge is 2.13. The van der Waals surface area contributed by atoms with Crippen LogP contribution >= 0.6 is 0 Å². The molecule has 1 aromatic rings. The standard InChI is InChI=1S/C7H8N2O3/c1-5-3-4-6(12-2)8-7(5)9(10)11/h3-4H,1-2H3. The molecular formula is C7H8N2O3. The minimum absolute atomic E-state index is 0.158. The number of aryl methyl sites for hydroxylation is 1. The van der Waals surface area contributed by atoms with Gasteiger partial charge < -0.3 is 14.9 Å². The summed E-state index contributed by atoms with van der Waals surface area (Å²) in [5, 5.41) is 10.4. The third kappa shape index (κ3) is 1.50. The highest BCUT2D eigenvalue weighted by atomic mass is 16.6. The van der Waals surface area contributed by atoms with E-state index in [1.54, 1.807) is 19.1 Å². The van der Waals surface area contributed by atoms with Crippen LogP contribution in [-0.2, 0) is 0 Å². The fraction of sp³-hybridized carbons (Fsp3) is 0.286. The monoisotopic (exact) mass is 168 g/mol. The molecule has 0 unspecified atom stereocenters. The summed E-state index contributed by atoms with van der Waals surface area (Å²) in [5.74, 6) is 0.0988. The summed E-state index contributed by atoms with van der Waals surface area (Å²) in [6.07, 6.45) is 0. The highest BCUT2D eigenvalue weighted by molar-refractivity contribution is 5.34. The first-order valence-corrected chi connectivity index (χ1v) is 3.31. The number of aromatic nitrogens is 1. The second kappa shape index (κ2) is 3.17. The van der Waals surface area contributed by atoms with Crippen LogP contribution in [0, 0.1) is 17.0 Å². The molecule has 0 aliphatic heterocycles. The SMILES string of the molecule is COc1ccc(C)c([N+](=O)[O-])n1. The molecule has 0 amide bonds. The number of methoxy groups -OCH3 is 1. The average molecular weight is 168 g/mol. The minimum Gasteiger partial charge on any atom is -0.463 e. The molecule has 1 heterocycles. The van der Waals surface area contributed by atoms with Gasteiger partial charge in [-0.3, -0.25) is 0 Å². The Hall–Kier alpha value is -1.65. The van der Waals surface area contributed by atoms with Gasteiger partial charge in [0, 0.05) is 16.6 Å². The summed E-state index contributed by atoms with van der Waals surface area (Å²) in [6.45, 7) is 1.63. The van der Waals surface area contributed by atoms with Gasteiger partial charge in [-0.1, -0.05) is 0 Å². The van der Waals surface area contributed by atoms with E-state index in [9.17, 15) is 10.1 Å². The zero-order valence-corrected chi connectivity index (χ0v) is 6.77. The van der Waals surface area contributed by atoms with E-state index in [-0.39, 0.29) is 11.7 Å². The van der Waals surface area contributed by atoms with E-state index in [4.69, 9.17) is 4.74 Å². The Labute approximate surface area is 69.1 Å². The van der Waals surface area contributed by atoms with Crippen LogP contribution in [0.15, 0.2) is 12.1 Å². The number of hydrogen-bond donors (Lipinski definition) is 0. The number of pyridine rings is 1. The lowest BCUT2D eigenvalue weighted by Crippen LogP contribution is -1.97. The normalized spacial score (nSPS) is 9.50. The smallest absolute Gasteiger partial charge is 0.370 e. The molecule has 5 heteroatoms. The Bertz CT molecular complexity index is 312. The molecule has 5 nitrogen and oxygen atoms in total. The van der Waals surface area contributed by atoms with Gasteiger partial charge in [0.15, 0.2) is 0 Å². The van der Waals surface area contributed by atoms with E-state index in [0.717, 1.165) is 0 Å². The lowest BCUT2D eigenvalue weighted by atomic mass is 10.3. The number of hydrogen-bond acceptors (Lipinski definition) is 4. The minimum atomic E-state index is -0.530. The van der Waals surface area contributed by atoms with Crippen LogP contribution in [0.3, 0.4) is 0 Å². The second-order valence-corrected chi connectivity index (χ2v) is 2.25. The molecule has 0 bridgehead atoms. The van der Waals surface area contributed by atoms with E-state index in [2.05, 4.69) is 4.98 Å². The molecule has 0 saturated heterocycles. The van der Waals surface area contributed by atoms with Crippen LogP contribution < -0.4 is 4.74 Å². The molecule has 0 aliphatic rings. The van der Waals surface area contributed by atoms with Gasteiger partial charge in [-0.15, -0.1) is 0 Å². The number of ether oxygens (including phenoxy) is 1. The van der Waals surface area contributed by atoms with Crippen LogP contribution in [0.2, 0.25) is 0 Å². The highest BCUT2D eigenvalue weighted by Crippen LogP contribution is 2.17. The fourth-order valence-electron chi connectivity index (χ4n) is 0.799. The summed E-state index contributed by atoms with van der Waals surface area (Å²) in [6, 6.07) is 3.19. The van der Waals surface area contributed by atoms with Gasteiger partial charge in [-0.2, -0.15) is 0 Å². The molecule has 0 spiro atoms. The Kier molecular flexibility index (Phi) is 2.23. The molecule has 0 radical (unpaired) electrons. The van der Waals surface area contributed by atoms with Crippen LogP contribution in [-0.4, -0.2) is 17.0 Å². The van der Waals surface area contributed by atoms with Crippen molar-refractivity contribution in [1.29, 1.82) is 0 Å². The van der Waals surface area contributed by atoms with E-state index >= 15 is 0 Å². The van der Waals surface area contributed by atoms with Crippen molar-refractivity contribution in [3.8, 4) is 5.88 Å². The third-order valence-corrected chi connectivity index (χ3v) is 1.43. The summed E-state index contributed by atoms with van der Waals surface area (Å²) in [7, 11) is 1.42. The van der Waals surface area contributed by atoms with Crippen molar-refractivity contribution in [2.45, 2.75) is 6.92 Å². The molecule has 0 aromatic carbocycles. The molecule has 0 fully saturated rings. The first-order chi connectivity index (χ1) is 5.65. The van der Waals surface area contributed by atoms with Gasteiger partial charge >= 0.3 is 11.7 Å². The van der Waals surface area contributed by atoms with Gasteiger partial charge in [0.25, 0.3) is 0 Å². The van der Waals surface area contributed by atoms with Crippen LogP contribution in [0.1, 0.15) is 5.56 Å². The first kappa shape index (κ1) is 8.45. The molecule has 1 rings (SSSR count). The quantitative estimate of drug-likeness (QED) is 0.493. The van der Waals surface area contributed by atoms with Crippen molar-refractivity contribution in [1.82, 2.24) is 4.98 Å². The Morgan fingerprint density at radius 3 is 2.75 bits per heavy atom. The van der Waals surface area contributed by atoms with Crippen molar-refractivity contribution in [3.63, 3.8) is 0 Å². The van der Waals surface area contributed by atoms with Gasteiger partial charge in [-0.25, -0.2) is 0 Å². The Morgan fingerprint density at radius 2 is 2.25 bits per heavy atom. The van der Waals surface area contributed by atoms with Crippen LogP contribution in [0.4, 0.5) is 5.82 Å². The van der Waals surface area contributed by atoms with Crippen molar-refractivity contribution >= 4 is 5.82 Å². The van der Waals surface area contributed by atoms with E-state index in [1.165, 1.54) is 7.11 Å². The van der Waals surface area contributed by atoms with Crippen molar-refractivity contribution < 1.29 is 9.66 Å². The van der Waals surface area contributed by atoms with E-state index in [1.807, 2.05) is 0 Å². The summed E-state index contributed by atoms with van der Waals surface area (Å²) < 4.78 is 4.74. The molecule has 12 heavy (non-hydrogen) atoms. The maximum atomic E-state index is 10.4. The van der Waals surface area contributed by atoms with Crippen molar-refractivity contribution in [3.05, 3.63) is 27.8 Å². The zero-order chi connectivity index (χ0) is 9.14. The number of nitro groups is 1. The second-order valence-electron chi connectivity index (χ2n) is 2.25. The van der Waals surface area contributed by atoms with Gasteiger partial charge in [0.05, 0.1) is 7.11 Å². The number of nitrogens with zero attached hydrogens (tertiary/aromatic N) is 2. The summed E-state index contributed by atoms with van der Waals surface area (Å²) in [4.78, 5) is 13.5. The molecule has 64 valence electrons. The molecule has 0 saturated carbocycles. The Morgan fingerprint density at radius 1 is 1.58 bits per heavy atom. The summed E-state index contributed by atoms with van der Waals surface area (Å²) >= 11 is 0. The largest absolute Gasteiger partial charge is 0.463 e. The lowest BCUT2D eigenvalue weighted by Gasteiger charge is -1.97. The lowest BCUT2D eigenvalue weighted by molar-refractivity contribution is -0.390.